The molecule has 0 atom stereocenters. The molecule has 0 aromatic heterocycles. The number of amides is 2. The molecule has 0 bridgehead atoms. The van der Waals surface area contributed by atoms with Gasteiger partial charge in [0.15, 0.2) is 0 Å². The zero-order chi connectivity index (χ0) is 19.1. The summed E-state index contributed by atoms with van der Waals surface area (Å²) >= 11 is 2.89. The molecule has 2 N–H and O–H groups in total. The summed E-state index contributed by atoms with van der Waals surface area (Å²) in [6.45, 7) is 0.457. The van der Waals surface area contributed by atoms with Crippen molar-refractivity contribution in [3.8, 4) is 5.75 Å². The van der Waals surface area contributed by atoms with Gasteiger partial charge in [0.05, 0.1) is 18.4 Å². The van der Waals surface area contributed by atoms with E-state index in [0.717, 1.165) is 21.1 Å². The maximum Gasteiger partial charge on any atom is 0.255 e. The Labute approximate surface area is 162 Å². The fraction of sp³-hybridized carbons (Fsp3) is 0.263. The summed E-state index contributed by atoms with van der Waals surface area (Å²) in [6.07, 6.45) is 1.99. The summed E-state index contributed by atoms with van der Waals surface area (Å²) < 4.78 is 5.41. The quantitative estimate of drug-likeness (QED) is 0.701. The molecule has 2 rings (SSSR count). The Kier molecular flexibility index (Phi) is 7.41. The molecule has 0 fully saturated rings. The van der Waals surface area contributed by atoms with E-state index in [0.29, 0.717) is 12.1 Å². The van der Waals surface area contributed by atoms with Crippen molar-refractivity contribution in [3.05, 3.63) is 53.6 Å². The van der Waals surface area contributed by atoms with Crippen LogP contribution in [-0.2, 0) is 11.3 Å². The van der Waals surface area contributed by atoms with Gasteiger partial charge in [-0.15, -0.1) is 23.5 Å². The van der Waals surface area contributed by atoms with Crippen molar-refractivity contribution in [1.82, 2.24) is 4.90 Å². The Hall–Kier alpha value is -2.12. The number of nitrogens with zero attached hydrogens (tertiary/aromatic N) is 1. The van der Waals surface area contributed by atoms with Crippen molar-refractivity contribution in [2.24, 2.45) is 5.73 Å². The Balaban J connectivity index is 2.16. The molecule has 0 saturated heterocycles. The fourth-order valence-corrected chi connectivity index (χ4v) is 3.78. The average Bonchev–Trinajstić information content (AvgIpc) is 2.65. The first-order valence-corrected chi connectivity index (χ1v) is 10.1. The number of thioether (sulfide) groups is 2. The highest BCUT2D eigenvalue weighted by Crippen LogP contribution is 2.29. The van der Waals surface area contributed by atoms with E-state index in [1.165, 1.54) is 11.8 Å². The summed E-state index contributed by atoms with van der Waals surface area (Å²) in [5.74, 6) is 0.423. The number of carbonyl (C=O) groups is 2. The Morgan fingerprint density at radius 3 is 2.54 bits per heavy atom. The minimum Gasteiger partial charge on any atom is -0.496 e. The molecule has 0 aliphatic carbocycles. The lowest BCUT2D eigenvalue weighted by Crippen LogP contribution is -2.26. The van der Waals surface area contributed by atoms with Crippen LogP contribution in [0.15, 0.2) is 52.3 Å². The van der Waals surface area contributed by atoms with Crippen molar-refractivity contribution in [2.75, 3.05) is 26.2 Å². The molecule has 0 unspecified atom stereocenters. The third kappa shape index (κ3) is 5.19. The van der Waals surface area contributed by atoms with Crippen molar-refractivity contribution in [3.63, 3.8) is 0 Å². The van der Waals surface area contributed by atoms with E-state index in [2.05, 4.69) is 0 Å². The Morgan fingerprint density at radius 2 is 1.88 bits per heavy atom. The van der Waals surface area contributed by atoms with Crippen molar-refractivity contribution in [2.45, 2.75) is 16.3 Å². The predicted molar refractivity (Wildman–Crippen MR) is 107 cm³/mol. The summed E-state index contributed by atoms with van der Waals surface area (Å²) in [6, 6.07) is 13.2. The third-order valence-corrected chi connectivity index (χ3v) is 5.57. The number of hydrogen-bond acceptors (Lipinski definition) is 5. The van der Waals surface area contributed by atoms with Crippen LogP contribution < -0.4 is 10.5 Å². The molecule has 7 heteroatoms. The van der Waals surface area contributed by atoms with Gasteiger partial charge in [-0.2, -0.15) is 0 Å². The topological polar surface area (TPSA) is 72.6 Å². The third-order valence-electron chi connectivity index (χ3n) is 3.70. The number of hydrogen-bond donors (Lipinski definition) is 1. The second-order valence-corrected chi connectivity index (χ2v) is 7.47. The zero-order valence-corrected chi connectivity index (χ0v) is 16.7. The van der Waals surface area contributed by atoms with Gasteiger partial charge in [0.1, 0.15) is 5.75 Å². The van der Waals surface area contributed by atoms with Crippen molar-refractivity contribution >= 4 is 35.3 Å². The van der Waals surface area contributed by atoms with Crippen LogP contribution in [0, 0.1) is 0 Å². The van der Waals surface area contributed by atoms with Crippen molar-refractivity contribution < 1.29 is 14.3 Å². The number of methoxy groups -OCH3 is 1. The molecule has 2 amide bonds. The summed E-state index contributed by atoms with van der Waals surface area (Å²) in [5.41, 5.74) is 6.76. The largest absolute Gasteiger partial charge is 0.496 e. The minimum absolute atomic E-state index is 0.106. The minimum atomic E-state index is -0.411. The molecule has 0 heterocycles. The monoisotopic (exact) mass is 390 g/mol. The molecular formula is C19H22N2O3S2. The molecule has 0 spiro atoms. The van der Waals surface area contributed by atoms with Crippen LogP contribution in [0.2, 0.25) is 0 Å². The van der Waals surface area contributed by atoms with Crippen LogP contribution in [-0.4, -0.2) is 42.9 Å². The molecule has 0 saturated carbocycles. The van der Waals surface area contributed by atoms with E-state index in [-0.39, 0.29) is 11.7 Å². The Bertz CT molecular complexity index is 796. The van der Waals surface area contributed by atoms with Crippen LogP contribution in [0.25, 0.3) is 0 Å². The molecular weight excluding hydrogens is 368 g/mol. The predicted octanol–water partition coefficient (Wildman–Crippen LogP) is 3.27. The summed E-state index contributed by atoms with van der Waals surface area (Å²) in [7, 11) is 3.40. The van der Waals surface area contributed by atoms with Gasteiger partial charge in [-0.05, 0) is 36.1 Å². The molecule has 0 aliphatic rings. The normalized spacial score (nSPS) is 10.4. The van der Waals surface area contributed by atoms with Gasteiger partial charge in [-0.25, -0.2) is 0 Å². The van der Waals surface area contributed by atoms with Gasteiger partial charge in [0.2, 0.25) is 5.91 Å². The van der Waals surface area contributed by atoms with E-state index in [1.807, 2.05) is 42.7 Å². The van der Waals surface area contributed by atoms with Crippen LogP contribution in [0.3, 0.4) is 0 Å². The second kappa shape index (κ2) is 9.54. The standard InChI is InChI=1S/C19H22N2O3S2/c1-21(11-13-8-9-17(25-3)15(10-13)24-2)19(23)14-6-4-5-7-16(14)26-12-18(20)22/h4-10H,11-12H2,1-3H3,(H2,20,22). The van der Waals surface area contributed by atoms with Crippen LogP contribution >= 0.6 is 23.5 Å². The first-order valence-electron chi connectivity index (χ1n) is 7.92. The molecule has 2 aromatic carbocycles. The molecule has 0 radical (unpaired) electrons. The SMILES string of the molecule is COc1cc(CN(C)C(=O)c2ccccc2SCC(N)=O)ccc1SC. The molecule has 26 heavy (non-hydrogen) atoms. The van der Waals surface area contributed by atoms with E-state index < -0.39 is 5.91 Å². The number of nitrogens with two attached hydrogens (primary N) is 1. The van der Waals surface area contributed by atoms with Crippen LogP contribution in [0.4, 0.5) is 0 Å². The Morgan fingerprint density at radius 1 is 1.15 bits per heavy atom. The lowest BCUT2D eigenvalue weighted by atomic mass is 10.1. The van der Waals surface area contributed by atoms with E-state index in [9.17, 15) is 9.59 Å². The smallest absolute Gasteiger partial charge is 0.255 e. The summed E-state index contributed by atoms with van der Waals surface area (Å²) in [5, 5.41) is 0. The van der Waals surface area contributed by atoms with Gasteiger partial charge in [-0.1, -0.05) is 18.2 Å². The second-order valence-electron chi connectivity index (χ2n) is 5.60. The molecule has 138 valence electrons. The van der Waals surface area contributed by atoms with Crippen LogP contribution in [0.1, 0.15) is 15.9 Å². The van der Waals surface area contributed by atoms with E-state index in [4.69, 9.17) is 10.5 Å². The first-order chi connectivity index (χ1) is 12.5. The molecule has 2 aromatic rings. The number of benzene rings is 2. The highest BCUT2D eigenvalue weighted by Gasteiger charge is 2.17. The highest BCUT2D eigenvalue weighted by molar-refractivity contribution is 8.00. The maximum absolute atomic E-state index is 12.9. The lowest BCUT2D eigenvalue weighted by Gasteiger charge is -2.19. The van der Waals surface area contributed by atoms with E-state index >= 15 is 0 Å². The molecule has 5 nitrogen and oxygen atoms in total. The maximum atomic E-state index is 12.9. The fourth-order valence-electron chi connectivity index (χ4n) is 2.45. The highest BCUT2D eigenvalue weighted by atomic mass is 32.2. The van der Waals surface area contributed by atoms with E-state index in [1.54, 1.807) is 36.9 Å². The number of ether oxygens (including phenoxy) is 1. The summed E-state index contributed by atoms with van der Waals surface area (Å²) in [4.78, 5) is 27.3. The lowest BCUT2D eigenvalue weighted by molar-refractivity contribution is -0.115. The molecule has 0 aliphatic heterocycles. The average molecular weight is 391 g/mol. The van der Waals surface area contributed by atoms with Crippen LogP contribution in [0.5, 0.6) is 5.75 Å². The van der Waals surface area contributed by atoms with Gasteiger partial charge >= 0.3 is 0 Å². The number of carbonyl (C=O) groups excluding carboxylic acids is 2. The van der Waals surface area contributed by atoms with Gasteiger partial charge in [0, 0.05) is 23.4 Å². The van der Waals surface area contributed by atoms with Gasteiger partial charge in [0.25, 0.3) is 5.91 Å². The first kappa shape index (κ1) is 20.2. The van der Waals surface area contributed by atoms with Gasteiger partial charge < -0.3 is 15.4 Å². The van der Waals surface area contributed by atoms with Gasteiger partial charge in [-0.3, -0.25) is 9.59 Å². The number of rotatable bonds is 8. The zero-order valence-electron chi connectivity index (χ0n) is 15.0. The van der Waals surface area contributed by atoms with Crippen molar-refractivity contribution in [1.29, 1.82) is 0 Å². The number of primary amides is 1.